The van der Waals surface area contributed by atoms with Crippen LogP contribution in [0.25, 0.3) is 0 Å². The average Bonchev–Trinajstić information content (AvgIpc) is 3.20. The Kier molecular flexibility index (Phi) is 4.64. The Morgan fingerprint density at radius 1 is 1.21 bits per heavy atom. The summed E-state index contributed by atoms with van der Waals surface area (Å²) in [5, 5.41) is 0. The van der Waals surface area contributed by atoms with Crippen molar-refractivity contribution in [3.8, 4) is 5.75 Å². The number of ether oxygens (including phenoxy) is 1. The number of carbonyl (C=O) groups excluding carboxylic acids is 2. The van der Waals surface area contributed by atoms with E-state index in [0.717, 1.165) is 17.0 Å². The molecule has 4 rings (SSSR count). The fraction of sp³-hybridized carbons (Fsp3) is 0.429. The molecule has 2 aliphatic heterocycles. The summed E-state index contributed by atoms with van der Waals surface area (Å²) in [6.07, 6.45) is 1.94. The normalized spacial score (nSPS) is 18.3. The van der Waals surface area contributed by atoms with Gasteiger partial charge in [-0.25, -0.2) is 13.9 Å². The molecule has 1 fully saturated rings. The first-order valence-electron chi connectivity index (χ1n) is 9.73. The molecule has 0 aliphatic carbocycles. The maximum Gasteiger partial charge on any atom is 0.402 e. The maximum atomic E-state index is 13.2. The molecule has 1 saturated heterocycles. The summed E-state index contributed by atoms with van der Waals surface area (Å²) < 4.78 is 9.17. The molecule has 1 atom stereocenters. The van der Waals surface area contributed by atoms with E-state index < -0.39 is 6.04 Å². The number of carbonyl (C=O) groups is 2. The van der Waals surface area contributed by atoms with Gasteiger partial charge in [0.2, 0.25) is 11.9 Å². The highest BCUT2D eigenvalue weighted by Gasteiger charge is 2.53. The minimum atomic E-state index is -0.595. The molecule has 29 heavy (non-hydrogen) atoms. The van der Waals surface area contributed by atoms with Gasteiger partial charge in [0.25, 0.3) is 5.91 Å². The number of hydrogen-bond acceptors (Lipinski definition) is 4. The molecule has 3 amide bonds. The molecule has 0 saturated carbocycles. The first kappa shape index (κ1) is 19.2. The summed E-state index contributed by atoms with van der Waals surface area (Å²) >= 11 is 0. The molecular formula is C21H26N5O3+. The number of imide groups is 1. The number of methoxy groups -OCH3 is 1. The highest BCUT2D eigenvalue weighted by atomic mass is 16.5. The van der Waals surface area contributed by atoms with Crippen molar-refractivity contribution in [2.45, 2.75) is 33.4 Å². The third-order valence-corrected chi connectivity index (χ3v) is 5.37. The molecule has 0 N–H and O–H groups in total. The van der Waals surface area contributed by atoms with Gasteiger partial charge in [-0.05, 0) is 30.5 Å². The second kappa shape index (κ2) is 7.02. The molecule has 152 valence electrons. The molecule has 0 spiro atoms. The fourth-order valence-corrected chi connectivity index (χ4v) is 3.87. The van der Waals surface area contributed by atoms with Crippen LogP contribution in [0.5, 0.6) is 5.75 Å². The maximum absolute atomic E-state index is 13.2. The summed E-state index contributed by atoms with van der Waals surface area (Å²) in [5.41, 5.74) is 2.10. The fourth-order valence-electron chi connectivity index (χ4n) is 3.87. The minimum absolute atomic E-state index is 0.196. The number of amidine groups is 1. The van der Waals surface area contributed by atoms with Gasteiger partial charge in [0.15, 0.2) is 0 Å². The van der Waals surface area contributed by atoms with Crippen LogP contribution in [0.1, 0.15) is 31.1 Å². The second-order valence-electron chi connectivity index (χ2n) is 7.97. The van der Waals surface area contributed by atoms with Crippen molar-refractivity contribution in [1.29, 1.82) is 0 Å². The Morgan fingerprint density at radius 2 is 1.90 bits per heavy atom. The zero-order valence-electron chi connectivity index (χ0n) is 17.4. The monoisotopic (exact) mass is 396 g/mol. The molecule has 2 aliphatic rings. The number of aliphatic imine (C=N–C) groups is 1. The Hall–Kier alpha value is -3.16. The van der Waals surface area contributed by atoms with Gasteiger partial charge >= 0.3 is 12.0 Å². The van der Waals surface area contributed by atoms with Gasteiger partial charge in [-0.15, -0.1) is 0 Å². The van der Waals surface area contributed by atoms with Crippen LogP contribution in [0, 0.1) is 12.8 Å². The minimum Gasteiger partial charge on any atom is -0.497 e. The second-order valence-corrected chi connectivity index (χ2v) is 7.97. The summed E-state index contributed by atoms with van der Waals surface area (Å²) in [6.45, 7) is 6.99. The number of likely N-dealkylation sites (N-methyl/N-ethyl adjacent to an activating group) is 1. The van der Waals surface area contributed by atoms with Crippen LogP contribution in [-0.2, 0) is 11.3 Å². The standard InChI is InChI=1S/C21H26N5O3/c1-13(2)10-26-19(27)17-18(23(4)21(26)28)22-20-24(14(3)11-25(17)20)12-15-6-8-16(29-5)9-7-15/h6-9,11,13,17H,10,12H2,1-5H3/q+1. The molecule has 1 aromatic carbocycles. The Bertz CT molecular complexity index is 1010. The lowest BCUT2D eigenvalue weighted by Gasteiger charge is -2.33. The van der Waals surface area contributed by atoms with E-state index in [-0.39, 0.29) is 17.9 Å². The van der Waals surface area contributed by atoms with Gasteiger partial charge in [-0.3, -0.25) is 14.6 Å². The Balaban J connectivity index is 1.70. The van der Waals surface area contributed by atoms with Gasteiger partial charge in [-0.1, -0.05) is 31.0 Å². The van der Waals surface area contributed by atoms with E-state index >= 15 is 0 Å². The smallest absolute Gasteiger partial charge is 0.402 e. The van der Waals surface area contributed by atoms with Crippen molar-refractivity contribution in [3.63, 3.8) is 0 Å². The summed E-state index contributed by atoms with van der Waals surface area (Å²) in [7, 11) is 3.32. The van der Waals surface area contributed by atoms with Crippen molar-refractivity contribution >= 4 is 23.7 Å². The molecule has 3 heterocycles. The van der Waals surface area contributed by atoms with Crippen molar-refractivity contribution in [2.24, 2.45) is 10.9 Å². The topological polar surface area (TPSA) is 71.0 Å². The van der Waals surface area contributed by atoms with Gasteiger partial charge < -0.3 is 4.74 Å². The van der Waals surface area contributed by atoms with Crippen LogP contribution in [0.2, 0.25) is 0 Å². The quantitative estimate of drug-likeness (QED) is 0.728. The van der Waals surface area contributed by atoms with E-state index in [9.17, 15) is 9.59 Å². The lowest BCUT2D eigenvalue weighted by atomic mass is 10.1. The molecule has 2 aromatic rings. The zero-order valence-corrected chi connectivity index (χ0v) is 17.4. The van der Waals surface area contributed by atoms with E-state index in [1.54, 1.807) is 14.2 Å². The number of rotatable bonds is 5. The Morgan fingerprint density at radius 3 is 2.52 bits per heavy atom. The van der Waals surface area contributed by atoms with Crippen LogP contribution in [0.4, 0.5) is 10.7 Å². The number of amides is 3. The number of aromatic nitrogens is 2. The molecule has 0 radical (unpaired) electrons. The van der Waals surface area contributed by atoms with Crippen LogP contribution in [0.15, 0.2) is 35.5 Å². The molecular weight excluding hydrogens is 370 g/mol. The lowest BCUT2D eigenvalue weighted by Crippen LogP contribution is -2.63. The van der Waals surface area contributed by atoms with Crippen LogP contribution in [-0.4, -0.2) is 52.8 Å². The lowest BCUT2D eigenvalue weighted by molar-refractivity contribution is -0.677. The third-order valence-electron chi connectivity index (χ3n) is 5.37. The molecule has 8 heteroatoms. The van der Waals surface area contributed by atoms with Gasteiger partial charge in [-0.2, -0.15) is 0 Å². The number of imidazole rings is 1. The van der Waals surface area contributed by atoms with E-state index in [1.807, 2.05) is 55.8 Å². The summed E-state index contributed by atoms with van der Waals surface area (Å²) in [4.78, 5) is 33.4. The van der Waals surface area contributed by atoms with Gasteiger partial charge in [0, 0.05) is 13.6 Å². The zero-order chi connectivity index (χ0) is 20.9. The van der Waals surface area contributed by atoms with Crippen molar-refractivity contribution < 1.29 is 18.9 Å². The summed E-state index contributed by atoms with van der Waals surface area (Å²) in [6, 6.07) is 6.95. The highest BCUT2D eigenvalue weighted by Crippen LogP contribution is 2.30. The SMILES string of the molecule is COc1ccc(Cn2c(C)c[n+]3c2N=C2C3C(=O)N(CC(C)C)C(=O)N2C)cc1. The van der Waals surface area contributed by atoms with E-state index in [4.69, 9.17) is 9.73 Å². The summed E-state index contributed by atoms with van der Waals surface area (Å²) in [5.74, 6) is 1.95. The number of nitrogens with zero attached hydrogens (tertiary/aromatic N) is 5. The largest absolute Gasteiger partial charge is 0.497 e. The first-order valence-corrected chi connectivity index (χ1v) is 9.73. The molecule has 0 bridgehead atoms. The molecule has 8 nitrogen and oxygen atoms in total. The molecule has 1 unspecified atom stereocenters. The van der Waals surface area contributed by atoms with Crippen LogP contribution >= 0.6 is 0 Å². The van der Waals surface area contributed by atoms with Crippen molar-refractivity contribution in [2.75, 3.05) is 20.7 Å². The van der Waals surface area contributed by atoms with E-state index in [2.05, 4.69) is 4.57 Å². The number of fused-ring (bicyclic) bond motifs is 3. The number of aryl methyl sites for hydroxylation is 1. The first-order chi connectivity index (χ1) is 13.8. The van der Waals surface area contributed by atoms with Gasteiger partial charge in [0.05, 0.1) is 13.7 Å². The number of hydrogen-bond donors (Lipinski definition) is 0. The van der Waals surface area contributed by atoms with Crippen LogP contribution in [0.3, 0.4) is 0 Å². The van der Waals surface area contributed by atoms with Crippen molar-refractivity contribution in [3.05, 3.63) is 41.7 Å². The number of urea groups is 1. The van der Waals surface area contributed by atoms with E-state index in [0.29, 0.717) is 24.9 Å². The third kappa shape index (κ3) is 3.08. The average molecular weight is 396 g/mol. The Labute approximate surface area is 170 Å². The molecule has 1 aromatic heterocycles. The van der Waals surface area contributed by atoms with Gasteiger partial charge in [0.1, 0.15) is 17.6 Å². The van der Waals surface area contributed by atoms with Crippen LogP contribution < -0.4 is 9.30 Å². The van der Waals surface area contributed by atoms with E-state index in [1.165, 1.54) is 9.80 Å². The predicted molar refractivity (Wildman–Crippen MR) is 107 cm³/mol. The predicted octanol–water partition coefficient (Wildman–Crippen LogP) is 2.28. The highest BCUT2D eigenvalue weighted by molar-refractivity contribution is 6.19. The van der Waals surface area contributed by atoms with Crippen molar-refractivity contribution in [1.82, 2.24) is 14.4 Å². The number of benzene rings is 1.